The Labute approximate surface area is 121 Å². The van der Waals surface area contributed by atoms with Crippen molar-refractivity contribution < 1.29 is 14.1 Å². The van der Waals surface area contributed by atoms with Crippen LogP contribution in [0.3, 0.4) is 0 Å². The van der Waals surface area contributed by atoms with Gasteiger partial charge in [0.15, 0.2) is 12.4 Å². The Morgan fingerprint density at radius 3 is 3.10 bits per heavy atom. The van der Waals surface area contributed by atoms with E-state index in [4.69, 9.17) is 10.5 Å². The smallest absolute Gasteiger partial charge is 0.254 e. The standard InChI is InChI=1S/C14H14N4O3/c15-14(19)12-4-3-6-17(9-12)10-21-11-18-7-2-1-5-13(18)8-16-20/h1-9H,10-11H2,(H-,15,19)/p+1/b13-8-. The van der Waals surface area contributed by atoms with E-state index in [9.17, 15) is 9.70 Å². The number of rotatable bonds is 6. The molecule has 0 saturated heterocycles. The van der Waals surface area contributed by atoms with Gasteiger partial charge in [-0.15, -0.1) is 4.91 Å². The van der Waals surface area contributed by atoms with Crippen LogP contribution in [0.15, 0.2) is 66.0 Å². The fourth-order valence-corrected chi connectivity index (χ4v) is 1.77. The molecule has 7 nitrogen and oxygen atoms in total. The van der Waals surface area contributed by atoms with E-state index >= 15 is 0 Å². The summed E-state index contributed by atoms with van der Waals surface area (Å²) in [5.74, 6) is -0.490. The molecular weight excluding hydrogens is 272 g/mol. The van der Waals surface area contributed by atoms with Crippen LogP contribution >= 0.6 is 0 Å². The van der Waals surface area contributed by atoms with Crippen LogP contribution in [0.1, 0.15) is 10.4 Å². The van der Waals surface area contributed by atoms with Gasteiger partial charge in [-0.25, -0.2) is 0 Å². The number of nitrogens with zero attached hydrogens (tertiary/aromatic N) is 3. The first-order chi connectivity index (χ1) is 10.2. The molecule has 2 N–H and O–H groups in total. The number of amides is 1. The largest absolute Gasteiger partial charge is 0.365 e. The van der Waals surface area contributed by atoms with Gasteiger partial charge in [0.2, 0.25) is 0 Å². The second kappa shape index (κ2) is 7.11. The number of ether oxygens (including phenoxy) is 1. The van der Waals surface area contributed by atoms with Crippen molar-refractivity contribution in [2.45, 2.75) is 6.73 Å². The predicted octanol–water partition coefficient (Wildman–Crippen LogP) is 0.998. The number of hydrogen-bond donors (Lipinski definition) is 1. The van der Waals surface area contributed by atoms with Crippen molar-refractivity contribution in [3.63, 3.8) is 0 Å². The molecule has 1 aromatic heterocycles. The molecule has 21 heavy (non-hydrogen) atoms. The summed E-state index contributed by atoms with van der Waals surface area (Å²) in [4.78, 5) is 23.1. The van der Waals surface area contributed by atoms with E-state index in [1.807, 2.05) is 6.08 Å². The maximum absolute atomic E-state index is 11.1. The van der Waals surface area contributed by atoms with E-state index in [-0.39, 0.29) is 13.5 Å². The first-order valence-corrected chi connectivity index (χ1v) is 6.21. The van der Waals surface area contributed by atoms with E-state index in [0.717, 1.165) is 0 Å². The second-order valence-corrected chi connectivity index (χ2v) is 4.26. The molecule has 2 rings (SSSR count). The number of carbonyl (C=O) groups excluding carboxylic acids is 1. The molecule has 1 aliphatic heterocycles. The highest BCUT2D eigenvalue weighted by atomic mass is 16.5. The monoisotopic (exact) mass is 287 g/mol. The molecule has 0 saturated carbocycles. The zero-order chi connectivity index (χ0) is 15.1. The number of nitrogens with two attached hydrogens (primary N) is 1. The molecule has 0 unspecified atom stereocenters. The Kier molecular flexibility index (Phi) is 4.94. The number of nitroso groups, excluding NO2 is 1. The minimum absolute atomic E-state index is 0.246. The fraction of sp³-hybridized carbons (Fsp3) is 0.143. The zero-order valence-corrected chi connectivity index (χ0v) is 11.3. The van der Waals surface area contributed by atoms with Crippen LogP contribution in [0.25, 0.3) is 0 Å². The lowest BCUT2D eigenvalue weighted by Gasteiger charge is -2.21. The number of pyridine rings is 1. The molecule has 1 amide bonds. The predicted molar refractivity (Wildman–Crippen MR) is 75.1 cm³/mol. The Bertz CT molecular complexity index is 622. The summed E-state index contributed by atoms with van der Waals surface area (Å²) >= 11 is 0. The van der Waals surface area contributed by atoms with Crippen LogP contribution in [-0.4, -0.2) is 17.5 Å². The second-order valence-electron chi connectivity index (χ2n) is 4.26. The van der Waals surface area contributed by atoms with Gasteiger partial charge in [-0.05, 0) is 23.4 Å². The Balaban J connectivity index is 1.92. The van der Waals surface area contributed by atoms with Crippen LogP contribution in [0.4, 0.5) is 0 Å². The summed E-state index contributed by atoms with van der Waals surface area (Å²) in [6.07, 6.45) is 11.8. The topological polar surface area (TPSA) is 88.9 Å². The lowest BCUT2D eigenvalue weighted by molar-refractivity contribution is -0.733. The summed E-state index contributed by atoms with van der Waals surface area (Å²) in [6, 6.07) is 3.35. The molecule has 0 aromatic carbocycles. The fourth-order valence-electron chi connectivity index (χ4n) is 1.77. The minimum atomic E-state index is -0.490. The molecule has 0 spiro atoms. The summed E-state index contributed by atoms with van der Waals surface area (Å²) in [5.41, 5.74) is 6.27. The Morgan fingerprint density at radius 2 is 2.33 bits per heavy atom. The van der Waals surface area contributed by atoms with Crippen LogP contribution in [-0.2, 0) is 11.5 Å². The number of carbonyl (C=O) groups is 1. The van der Waals surface area contributed by atoms with Crippen LogP contribution < -0.4 is 10.3 Å². The highest BCUT2D eigenvalue weighted by molar-refractivity contribution is 5.92. The van der Waals surface area contributed by atoms with Gasteiger partial charge in [-0.2, -0.15) is 4.57 Å². The third-order valence-electron chi connectivity index (χ3n) is 2.77. The lowest BCUT2D eigenvalue weighted by Crippen LogP contribution is -2.37. The molecule has 1 aromatic rings. The van der Waals surface area contributed by atoms with E-state index in [2.05, 4.69) is 5.18 Å². The molecule has 0 atom stereocenters. The molecule has 1 aliphatic rings. The maximum Gasteiger partial charge on any atom is 0.254 e. The number of hydrogen-bond acceptors (Lipinski definition) is 5. The van der Waals surface area contributed by atoms with Crippen molar-refractivity contribution in [1.29, 1.82) is 0 Å². The van der Waals surface area contributed by atoms with Crippen LogP contribution in [0.5, 0.6) is 0 Å². The first-order valence-electron chi connectivity index (χ1n) is 6.21. The molecule has 2 heterocycles. The van der Waals surface area contributed by atoms with Gasteiger partial charge in [0, 0.05) is 12.3 Å². The van der Waals surface area contributed by atoms with Crippen molar-refractivity contribution in [3.8, 4) is 0 Å². The molecule has 0 bridgehead atoms. The average Bonchev–Trinajstić information content (AvgIpc) is 2.49. The van der Waals surface area contributed by atoms with Crippen molar-refractivity contribution in [1.82, 2.24) is 4.90 Å². The molecule has 7 heteroatoms. The molecule has 108 valence electrons. The third-order valence-corrected chi connectivity index (χ3v) is 2.77. The molecule has 0 aliphatic carbocycles. The van der Waals surface area contributed by atoms with Crippen molar-refractivity contribution >= 4 is 5.91 Å². The van der Waals surface area contributed by atoms with Gasteiger partial charge < -0.3 is 15.4 Å². The Morgan fingerprint density at radius 1 is 1.48 bits per heavy atom. The number of aromatic nitrogens is 1. The van der Waals surface area contributed by atoms with Crippen molar-refractivity contribution in [2.24, 2.45) is 10.9 Å². The van der Waals surface area contributed by atoms with Gasteiger partial charge >= 0.3 is 0 Å². The first kappa shape index (κ1) is 14.6. The normalized spacial score (nSPS) is 15.4. The van der Waals surface area contributed by atoms with E-state index in [1.54, 1.807) is 52.3 Å². The van der Waals surface area contributed by atoms with Crippen molar-refractivity contribution in [3.05, 3.63) is 71.3 Å². The minimum Gasteiger partial charge on any atom is -0.365 e. The molecule has 0 radical (unpaired) electrons. The van der Waals surface area contributed by atoms with Gasteiger partial charge in [0.05, 0.1) is 11.9 Å². The zero-order valence-electron chi connectivity index (χ0n) is 11.3. The Hall–Kier alpha value is -2.80. The number of allylic oxidation sites excluding steroid dienone is 3. The van der Waals surface area contributed by atoms with Crippen LogP contribution in [0.2, 0.25) is 0 Å². The lowest BCUT2D eigenvalue weighted by atomic mass is 10.3. The summed E-state index contributed by atoms with van der Waals surface area (Å²) in [7, 11) is 0. The molecule has 0 fully saturated rings. The van der Waals surface area contributed by atoms with Crippen LogP contribution in [0, 0.1) is 4.91 Å². The van der Waals surface area contributed by atoms with E-state index in [1.165, 1.54) is 6.20 Å². The summed E-state index contributed by atoms with van der Waals surface area (Å²) in [6.45, 7) is 0.493. The quantitative estimate of drug-likeness (QED) is 0.624. The van der Waals surface area contributed by atoms with Gasteiger partial charge in [0.25, 0.3) is 12.6 Å². The summed E-state index contributed by atoms with van der Waals surface area (Å²) < 4.78 is 7.24. The van der Waals surface area contributed by atoms with E-state index in [0.29, 0.717) is 11.3 Å². The highest BCUT2D eigenvalue weighted by Gasteiger charge is 2.10. The van der Waals surface area contributed by atoms with Crippen molar-refractivity contribution in [2.75, 3.05) is 6.73 Å². The van der Waals surface area contributed by atoms with Gasteiger partial charge in [-0.1, -0.05) is 6.08 Å². The average molecular weight is 287 g/mol. The third kappa shape index (κ3) is 4.08. The highest BCUT2D eigenvalue weighted by Crippen LogP contribution is 2.12. The van der Waals surface area contributed by atoms with Gasteiger partial charge in [0.1, 0.15) is 12.3 Å². The summed E-state index contributed by atoms with van der Waals surface area (Å²) in [5, 5.41) is 2.76. The SMILES string of the molecule is NC(=O)c1ccc[n+](COCN2C=CC=C/C2=C/N=O)c1. The number of primary amides is 1. The van der Waals surface area contributed by atoms with E-state index < -0.39 is 5.91 Å². The maximum atomic E-state index is 11.1. The molecular formula is C14H15N4O3+. The van der Waals surface area contributed by atoms with Gasteiger partial charge in [-0.3, -0.25) is 4.79 Å².